The van der Waals surface area contributed by atoms with Crippen LogP contribution in [-0.4, -0.2) is 47.2 Å². The van der Waals surface area contributed by atoms with Crippen molar-refractivity contribution in [1.82, 2.24) is 0 Å². The van der Waals surface area contributed by atoms with Crippen LogP contribution in [-0.2, 0) is 25.5 Å². The smallest absolute Gasteiger partial charge is 0.310 e. The Kier molecular flexibility index (Phi) is 12.4. The fourth-order valence-corrected chi connectivity index (χ4v) is 5.17. The molecule has 1 aliphatic carbocycles. The van der Waals surface area contributed by atoms with Gasteiger partial charge in [0, 0.05) is 36.5 Å². The van der Waals surface area contributed by atoms with Crippen molar-refractivity contribution in [2.75, 3.05) is 12.9 Å². The van der Waals surface area contributed by atoms with E-state index >= 15 is 0 Å². The molecule has 6 nitrogen and oxygen atoms in total. The van der Waals surface area contributed by atoms with Crippen LogP contribution in [0.25, 0.3) is 0 Å². The molecule has 1 aliphatic rings. The van der Waals surface area contributed by atoms with Gasteiger partial charge in [0.05, 0.1) is 19.3 Å². The highest BCUT2D eigenvalue weighted by Gasteiger charge is 2.34. The first-order valence-electron chi connectivity index (χ1n) is 12.1. The second-order valence-corrected chi connectivity index (χ2v) is 9.83. The summed E-state index contributed by atoms with van der Waals surface area (Å²) in [6.07, 6.45) is 6.95. The summed E-state index contributed by atoms with van der Waals surface area (Å²) in [6, 6.07) is 8.03. The first kappa shape index (κ1) is 28.1. The molecule has 0 aromatic heterocycles. The van der Waals surface area contributed by atoms with Crippen molar-refractivity contribution >= 4 is 23.7 Å². The molecule has 188 valence electrons. The molecule has 2 rings (SSSR count). The molecule has 1 aromatic rings. The average Bonchev–Trinajstić information content (AvgIpc) is 3.08. The zero-order chi connectivity index (χ0) is 24.9. The number of methoxy groups -OCH3 is 1. The number of aliphatic hydroxyl groups excluding tert-OH is 2. The largest absolute Gasteiger partial charge is 0.469 e. The van der Waals surface area contributed by atoms with Crippen LogP contribution in [0.4, 0.5) is 0 Å². The second kappa shape index (κ2) is 15.0. The number of benzene rings is 1. The van der Waals surface area contributed by atoms with Crippen LogP contribution in [0.5, 0.6) is 0 Å². The molecule has 0 spiro atoms. The van der Waals surface area contributed by atoms with Crippen LogP contribution in [0.15, 0.2) is 47.1 Å². The predicted octanol–water partition coefficient (Wildman–Crippen LogP) is 4.86. The number of hydrogen-bond donors (Lipinski definition) is 2. The predicted molar refractivity (Wildman–Crippen MR) is 135 cm³/mol. The first-order valence-corrected chi connectivity index (χ1v) is 13.1. The van der Waals surface area contributed by atoms with Gasteiger partial charge in [-0.2, -0.15) is 0 Å². The molecule has 0 aliphatic heterocycles. The van der Waals surface area contributed by atoms with Gasteiger partial charge in [-0.15, -0.1) is 11.8 Å². The van der Waals surface area contributed by atoms with Crippen molar-refractivity contribution in [2.45, 2.75) is 77.4 Å². The Morgan fingerprint density at radius 1 is 1.21 bits per heavy atom. The number of thioether (sulfide) groups is 1. The molecule has 2 N–H and O–H groups in total. The minimum Gasteiger partial charge on any atom is -0.469 e. The Balaban J connectivity index is 2.02. The molecule has 0 fully saturated rings. The molecule has 3 atom stereocenters. The highest BCUT2D eigenvalue weighted by Crippen LogP contribution is 2.41. The van der Waals surface area contributed by atoms with E-state index in [2.05, 4.69) is 4.74 Å². The number of aryl methyl sites for hydroxylation is 1. The maximum atomic E-state index is 12.1. The number of unbranched alkanes of at least 4 members (excludes halogenated alkanes) is 2. The molecule has 0 heterocycles. The lowest BCUT2D eigenvalue weighted by atomic mass is 10.0. The first-order chi connectivity index (χ1) is 16.3. The average molecular weight is 491 g/mol. The molecule has 0 bridgehead atoms. The Labute approximate surface area is 207 Å². The van der Waals surface area contributed by atoms with Gasteiger partial charge in [0.1, 0.15) is 5.76 Å². The number of ether oxygens (including phenoxy) is 2. The van der Waals surface area contributed by atoms with Gasteiger partial charge >= 0.3 is 11.9 Å². The van der Waals surface area contributed by atoms with Crippen molar-refractivity contribution in [2.24, 2.45) is 5.92 Å². The van der Waals surface area contributed by atoms with Gasteiger partial charge in [-0.05, 0) is 37.5 Å². The number of carbonyl (C=O) groups is 2. The van der Waals surface area contributed by atoms with Crippen molar-refractivity contribution in [3.8, 4) is 0 Å². The van der Waals surface area contributed by atoms with Gasteiger partial charge in [0.25, 0.3) is 0 Å². The molecule has 0 saturated carbocycles. The van der Waals surface area contributed by atoms with Crippen LogP contribution in [0.3, 0.4) is 0 Å². The Morgan fingerprint density at radius 2 is 2.00 bits per heavy atom. The zero-order valence-corrected chi connectivity index (χ0v) is 21.3. The molecule has 0 saturated heterocycles. The van der Waals surface area contributed by atoms with E-state index in [4.69, 9.17) is 4.74 Å². The topological polar surface area (TPSA) is 93.1 Å². The number of hydrogen-bond acceptors (Lipinski definition) is 7. The number of esters is 2. The molecule has 34 heavy (non-hydrogen) atoms. The van der Waals surface area contributed by atoms with Gasteiger partial charge in [0.2, 0.25) is 0 Å². The fraction of sp³-hybridized carbons (Fsp3) is 0.556. The zero-order valence-electron chi connectivity index (χ0n) is 20.5. The van der Waals surface area contributed by atoms with Gasteiger partial charge in [-0.25, -0.2) is 0 Å². The summed E-state index contributed by atoms with van der Waals surface area (Å²) in [5.41, 5.74) is 2.20. The molecule has 7 heteroatoms. The van der Waals surface area contributed by atoms with E-state index in [1.807, 2.05) is 44.2 Å². The van der Waals surface area contributed by atoms with Gasteiger partial charge < -0.3 is 19.7 Å². The SMILES string of the molecule is CCCC(=O)OC1=C(SCCCCCC(=O)OC)[C@@H](/C=C/C(O)Cc2cccc(C)c2)C(O)C1. The van der Waals surface area contributed by atoms with Gasteiger partial charge in [-0.3, -0.25) is 9.59 Å². The number of carbonyl (C=O) groups excluding carboxylic acids is 2. The maximum Gasteiger partial charge on any atom is 0.310 e. The molecular weight excluding hydrogens is 452 g/mol. The summed E-state index contributed by atoms with van der Waals surface area (Å²) in [5.74, 6) is 0.512. The lowest BCUT2D eigenvalue weighted by molar-refractivity contribution is -0.141. The van der Waals surface area contributed by atoms with E-state index in [1.165, 1.54) is 7.11 Å². The van der Waals surface area contributed by atoms with Crippen molar-refractivity contribution < 1.29 is 29.3 Å². The highest BCUT2D eigenvalue weighted by molar-refractivity contribution is 8.03. The van der Waals surface area contributed by atoms with Crippen LogP contribution < -0.4 is 0 Å². The van der Waals surface area contributed by atoms with Crippen LogP contribution in [0, 0.1) is 12.8 Å². The Hall–Kier alpha value is -2.09. The van der Waals surface area contributed by atoms with E-state index < -0.39 is 12.2 Å². The standard InChI is InChI=1S/C27H38O6S/c1-4-9-26(31)33-24-18-23(29)22(27(24)34-15-7-5-6-12-25(30)32-3)14-13-21(28)17-20-11-8-10-19(2)16-20/h8,10-11,13-14,16,21-23,28-29H,4-7,9,12,15,17-18H2,1-3H3/b14-13+/t21?,22-,23?/m0/s1. The summed E-state index contributed by atoms with van der Waals surface area (Å²) in [5, 5.41) is 21.2. The summed E-state index contributed by atoms with van der Waals surface area (Å²) in [6.45, 7) is 3.94. The molecule has 0 radical (unpaired) electrons. The molecular formula is C27H38O6S. The Bertz CT molecular complexity index is 862. The Morgan fingerprint density at radius 3 is 2.71 bits per heavy atom. The van der Waals surface area contributed by atoms with Gasteiger partial charge in [-0.1, -0.05) is 55.3 Å². The molecule has 2 unspecified atom stereocenters. The quantitative estimate of drug-likeness (QED) is 0.219. The number of aliphatic hydroxyl groups is 2. The lowest BCUT2D eigenvalue weighted by Gasteiger charge is -2.15. The maximum absolute atomic E-state index is 12.1. The third-order valence-corrected chi connectivity index (χ3v) is 6.96. The van der Waals surface area contributed by atoms with Crippen LogP contribution in [0.1, 0.15) is 63.0 Å². The van der Waals surface area contributed by atoms with Crippen molar-refractivity contribution in [1.29, 1.82) is 0 Å². The lowest BCUT2D eigenvalue weighted by Crippen LogP contribution is -2.15. The normalized spacial score (nSPS) is 19.0. The van der Waals surface area contributed by atoms with Crippen LogP contribution in [0.2, 0.25) is 0 Å². The third kappa shape index (κ3) is 9.65. The van der Waals surface area contributed by atoms with E-state index in [-0.39, 0.29) is 24.3 Å². The minimum absolute atomic E-state index is 0.200. The van der Waals surface area contributed by atoms with Gasteiger partial charge in [0.15, 0.2) is 0 Å². The highest BCUT2D eigenvalue weighted by atomic mass is 32.2. The second-order valence-electron chi connectivity index (χ2n) is 8.69. The van der Waals surface area contributed by atoms with E-state index in [9.17, 15) is 19.8 Å². The van der Waals surface area contributed by atoms with E-state index in [0.717, 1.165) is 41.0 Å². The van der Waals surface area contributed by atoms with Crippen LogP contribution >= 0.6 is 11.8 Å². The summed E-state index contributed by atoms with van der Waals surface area (Å²) in [7, 11) is 1.39. The minimum atomic E-state index is -0.700. The van der Waals surface area contributed by atoms with Crippen molar-refractivity contribution in [3.05, 3.63) is 58.2 Å². The van der Waals surface area contributed by atoms with E-state index in [0.29, 0.717) is 31.4 Å². The van der Waals surface area contributed by atoms with Crippen molar-refractivity contribution in [3.63, 3.8) is 0 Å². The molecule has 0 amide bonds. The third-order valence-electron chi connectivity index (χ3n) is 5.66. The monoisotopic (exact) mass is 490 g/mol. The number of rotatable bonds is 14. The summed E-state index contributed by atoms with van der Waals surface area (Å²) >= 11 is 1.58. The van der Waals surface area contributed by atoms with E-state index in [1.54, 1.807) is 17.8 Å². The summed E-state index contributed by atoms with van der Waals surface area (Å²) in [4.78, 5) is 24.2. The molecule has 1 aromatic carbocycles. The fourth-order valence-electron chi connectivity index (χ4n) is 3.88. The summed E-state index contributed by atoms with van der Waals surface area (Å²) < 4.78 is 10.3.